The molecule has 20 heavy (non-hydrogen) atoms. The lowest BCUT2D eigenvalue weighted by Crippen LogP contribution is -2.08. The van der Waals surface area contributed by atoms with E-state index in [0.29, 0.717) is 0 Å². The molecule has 0 amide bonds. The third-order valence-electron chi connectivity index (χ3n) is 2.91. The summed E-state index contributed by atoms with van der Waals surface area (Å²) >= 11 is 2.21. The molecule has 0 aliphatic carbocycles. The lowest BCUT2D eigenvalue weighted by atomic mass is 10.1. The third kappa shape index (κ3) is 3.44. The molecule has 1 atom stereocenters. The van der Waals surface area contributed by atoms with Gasteiger partial charge in [0.05, 0.1) is 16.7 Å². The molecule has 2 aromatic rings. The van der Waals surface area contributed by atoms with E-state index in [1.807, 2.05) is 31.2 Å². The molecule has 0 radical (unpaired) electrons. The van der Waals surface area contributed by atoms with Gasteiger partial charge in [-0.3, -0.25) is 10.1 Å². The first-order valence-corrected chi connectivity index (χ1v) is 7.01. The Kier molecular flexibility index (Phi) is 4.53. The van der Waals surface area contributed by atoms with E-state index in [1.54, 1.807) is 0 Å². The maximum absolute atomic E-state index is 13.8. The molecule has 0 aliphatic rings. The number of hydrogen-bond donors (Lipinski definition) is 1. The minimum Gasteiger partial charge on any atom is -0.376 e. The summed E-state index contributed by atoms with van der Waals surface area (Å²) < 4.78 is 14.9. The second kappa shape index (κ2) is 6.17. The molecular weight excluding hydrogens is 374 g/mol. The van der Waals surface area contributed by atoms with Crippen LogP contribution in [0.2, 0.25) is 0 Å². The number of hydrogen-bond acceptors (Lipinski definition) is 3. The number of nitro groups is 1. The van der Waals surface area contributed by atoms with Gasteiger partial charge >= 0.3 is 0 Å². The van der Waals surface area contributed by atoms with Crippen molar-refractivity contribution in [3.05, 3.63) is 67.5 Å². The first kappa shape index (κ1) is 14.7. The number of halogens is 2. The summed E-state index contributed by atoms with van der Waals surface area (Å²) in [6.45, 7) is 1.91. The Morgan fingerprint density at radius 1 is 1.25 bits per heavy atom. The molecule has 2 aromatic carbocycles. The summed E-state index contributed by atoms with van der Waals surface area (Å²) in [5, 5.41) is 13.6. The van der Waals surface area contributed by atoms with Crippen LogP contribution in [0.4, 0.5) is 15.8 Å². The van der Waals surface area contributed by atoms with Crippen LogP contribution < -0.4 is 5.32 Å². The summed E-state index contributed by atoms with van der Waals surface area (Å²) in [6.07, 6.45) is 0. The molecule has 0 saturated heterocycles. The second-order valence-corrected chi connectivity index (χ2v) is 5.58. The molecule has 0 aliphatic heterocycles. The van der Waals surface area contributed by atoms with Crippen LogP contribution >= 0.6 is 22.6 Å². The van der Waals surface area contributed by atoms with E-state index in [0.717, 1.165) is 15.2 Å². The average Bonchev–Trinajstić information content (AvgIpc) is 2.41. The number of nitrogens with zero attached hydrogens (tertiary/aromatic N) is 1. The first-order chi connectivity index (χ1) is 9.47. The van der Waals surface area contributed by atoms with E-state index in [-0.39, 0.29) is 17.4 Å². The average molecular weight is 386 g/mol. The fraction of sp³-hybridized carbons (Fsp3) is 0.143. The second-order valence-electron chi connectivity index (χ2n) is 4.34. The van der Waals surface area contributed by atoms with E-state index in [4.69, 9.17) is 0 Å². The molecule has 104 valence electrons. The fourth-order valence-corrected chi connectivity index (χ4v) is 2.16. The molecule has 0 saturated carbocycles. The van der Waals surface area contributed by atoms with Gasteiger partial charge in [0, 0.05) is 15.7 Å². The topological polar surface area (TPSA) is 55.2 Å². The molecule has 0 bridgehead atoms. The number of non-ortho nitro benzene ring substituents is 1. The molecule has 1 unspecified atom stereocenters. The Bertz CT molecular complexity index is 632. The summed E-state index contributed by atoms with van der Waals surface area (Å²) in [7, 11) is 0. The molecule has 1 N–H and O–H groups in total. The highest BCUT2D eigenvalue weighted by Crippen LogP contribution is 2.25. The lowest BCUT2D eigenvalue weighted by molar-refractivity contribution is -0.385. The summed E-state index contributed by atoms with van der Waals surface area (Å²) in [4.78, 5) is 9.94. The van der Waals surface area contributed by atoms with E-state index >= 15 is 0 Å². The number of benzene rings is 2. The summed E-state index contributed by atoms with van der Waals surface area (Å²) in [6, 6.07) is 11.4. The van der Waals surface area contributed by atoms with Crippen LogP contribution in [0.3, 0.4) is 0 Å². The Morgan fingerprint density at radius 2 is 1.90 bits per heavy atom. The van der Waals surface area contributed by atoms with E-state index in [9.17, 15) is 14.5 Å². The highest BCUT2D eigenvalue weighted by atomic mass is 127. The fourth-order valence-electron chi connectivity index (χ4n) is 1.80. The van der Waals surface area contributed by atoms with Crippen LogP contribution in [0.15, 0.2) is 42.5 Å². The number of nitro benzene ring substituents is 1. The maximum Gasteiger partial charge on any atom is 0.272 e. The van der Waals surface area contributed by atoms with Crippen LogP contribution in [-0.4, -0.2) is 4.92 Å². The molecule has 0 heterocycles. The van der Waals surface area contributed by atoms with Crippen molar-refractivity contribution in [2.45, 2.75) is 13.0 Å². The minimum absolute atomic E-state index is 0.0945. The smallest absolute Gasteiger partial charge is 0.272 e. The van der Waals surface area contributed by atoms with Crippen LogP contribution in [0, 0.1) is 19.5 Å². The monoisotopic (exact) mass is 386 g/mol. The van der Waals surface area contributed by atoms with Crippen molar-refractivity contribution >= 4 is 34.0 Å². The van der Waals surface area contributed by atoms with Crippen LogP contribution in [0.5, 0.6) is 0 Å². The van der Waals surface area contributed by atoms with Gasteiger partial charge in [-0.05, 0) is 53.3 Å². The zero-order valence-corrected chi connectivity index (χ0v) is 12.8. The van der Waals surface area contributed by atoms with Gasteiger partial charge in [0.25, 0.3) is 5.69 Å². The van der Waals surface area contributed by atoms with Gasteiger partial charge in [0.1, 0.15) is 0 Å². The van der Waals surface area contributed by atoms with Crippen molar-refractivity contribution in [2.24, 2.45) is 0 Å². The van der Waals surface area contributed by atoms with Gasteiger partial charge in [0.2, 0.25) is 0 Å². The van der Waals surface area contributed by atoms with E-state index < -0.39 is 10.7 Å². The highest BCUT2D eigenvalue weighted by Gasteiger charge is 2.13. The summed E-state index contributed by atoms with van der Waals surface area (Å²) in [5.41, 5.74) is 1.01. The van der Waals surface area contributed by atoms with Crippen molar-refractivity contribution in [3.63, 3.8) is 0 Å². The Morgan fingerprint density at radius 3 is 2.45 bits per heavy atom. The van der Waals surface area contributed by atoms with Gasteiger partial charge < -0.3 is 5.32 Å². The number of nitrogens with one attached hydrogen (secondary N) is 1. The SMILES string of the molecule is CC(Nc1ccc([N+](=O)[O-])cc1F)c1ccc(I)cc1. The van der Waals surface area contributed by atoms with Gasteiger partial charge in [-0.1, -0.05) is 12.1 Å². The Hall–Kier alpha value is -1.70. The highest BCUT2D eigenvalue weighted by molar-refractivity contribution is 14.1. The standard InChI is InChI=1S/C14H12FIN2O2/c1-9(10-2-4-11(16)5-3-10)17-14-7-6-12(18(19)20)8-13(14)15/h2-9,17H,1H3. The Balaban J connectivity index is 2.17. The minimum atomic E-state index is -0.628. The van der Waals surface area contributed by atoms with Crippen LogP contribution in [0.1, 0.15) is 18.5 Å². The van der Waals surface area contributed by atoms with Crippen molar-refractivity contribution in [1.29, 1.82) is 0 Å². The normalized spacial score (nSPS) is 11.9. The Labute approximate surface area is 129 Å². The predicted molar refractivity (Wildman–Crippen MR) is 84.3 cm³/mol. The van der Waals surface area contributed by atoms with Crippen molar-refractivity contribution < 1.29 is 9.31 Å². The van der Waals surface area contributed by atoms with E-state index in [2.05, 4.69) is 27.9 Å². The van der Waals surface area contributed by atoms with Crippen LogP contribution in [-0.2, 0) is 0 Å². The molecule has 6 heteroatoms. The maximum atomic E-state index is 13.8. The van der Waals surface area contributed by atoms with Gasteiger partial charge in [0.15, 0.2) is 5.82 Å². The van der Waals surface area contributed by atoms with Gasteiger partial charge in [-0.2, -0.15) is 0 Å². The molecule has 4 nitrogen and oxygen atoms in total. The van der Waals surface area contributed by atoms with Crippen molar-refractivity contribution in [2.75, 3.05) is 5.32 Å². The zero-order chi connectivity index (χ0) is 14.7. The lowest BCUT2D eigenvalue weighted by Gasteiger charge is -2.16. The molecule has 2 rings (SSSR count). The molecular formula is C14H12FIN2O2. The van der Waals surface area contributed by atoms with Crippen molar-refractivity contribution in [3.8, 4) is 0 Å². The molecule has 0 spiro atoms. The van der Waals surface area contributed by atoms with Gasteiger partial charge in [-0.15, -0.1) is 0 Å². The third-order valence-corrected chi connectivity index (χ3v) is 3.62. The quantitative estimate of drug-likeness (QED) is 0.478. The van der Waals surface area contributed by atoms with E-state index in [1.165, 1.54) is 12.1 Å². The largest absolute Gasteiger partial charge is 0.376 e. The predicted octanol–water partition coefficient (Wildman–Crippen LogP) is 4.51. The first-order valence-electron chi connectivity index (χ1n) is 5.93. The van der Waals surface area contributed by atoms with Crippen molar-refractivity contribution in [1.82, 2.24) is 0 Å². The summed E-state index contributed by atoms with van der Waals surface area (Å²) in [5.74, 6) is -0.628. The molecule has 0 aromatic heterocycles. The number of anilines is 1. The molecule has 0 fully saturated rings. The van der Waals surface area contributed by atoms with Gasteiger partial charge in [-0.25, -0.2) is 4.39 Å². The number of rotatable bonds is 4. The zero-order valence-electron chi connectivity index (χ0n) is 10.6. The van der Waals surface area contributed by atoms with Crippen LogP contribution in [0.25, 0.3) is 0 Å².